The van der Waals surface area contributed by atoms with Crippen LogP contribution in [-0.2, 0) is 11.3 Å². The molecule has 1 aliphatic rings. The van der Waals surface area contributed by atoms with Crippen molar-refractivity contribution in [2.45, 2.75) is 25.4 Å². The van der Waals surface area contributed by atoms with Crippen LogP contribution in [0, 0.1) is 0 Å². The van der Waals surface area contributed by atoms with Gasteiger partial charge in [0.05, 0.1) is 0 Å². The predicted octanol–water partition coefficient (Wildman–Crippen LogP) is 1.79. The molecule has 1 fully saturated rings. The first kappa shape index (κ1) is 11.4. The zero-order chi connectivity index (χ0) is 11.5. The van der Waals surface area contributed by atoms with E-state index in [1.165, 1.54) is 0 Å². The van der Waals surface area contributed by atoms with Crippen molar-refractivity contribution in [2.24, 2.45) is 5.73 Å². The number of amides is 1. The SMILES string of the molecule is NC1CCN(Cc2cccc(Cl)c2)C(=O)C1. The number of carbonyl (C=O) groups is 1. The number of nitrogens with two attached hydrogens (primary N) is 1. The molecule has 1 aromatic rings. The van der Waals surface area contributed by atoms with E-state index in [0.29, 0.717) is 18.0 Å². The van der Waals surface area contributed by atoms with Crippen LogP contribution in [0.5, 0.6) is 0 Å². The summed E-state index contributed by atoms with van der Waals surface area (Å²) in [4.78, 5) is 13.5. The van der Waals surface area contributed by atoms with Crippen LogP contribution < -0.4 is 5.73 Å². The molecule has 3 nitrogen and oxygen atoms in total. The molecule has 86 valence electrons. The van der Waals surface area contributed by atoms with Crippen LogP contribution in [0.4, 0.5) is 0 Å². The fourth-order valence-corrected chi connectivity index (χ4v) is 2.14. The van der Waals surface area contributed by atoms with Crippen molar-refractivity contribution < 1.29 is 4.79 Å². The van der Waals surface area contributed by atoms with Gasteiger partial charge in [-0.3, -0.25) is 4.79 Å². The fraction of sp³-hybridized carbons (Fsp3) is 0.417. The second kappa shape index (κ2) is 4.85. The Hall–Kier alpha value is -1.06. The van der Waals surface area contributed by atoms with Gasteiger partial charge in [-0.1, -0.05) is 23.7 Å². The minimum absolute atomic E-state index is 0.0307. The van der Waals surface area contributed by atoms with Gasteiger partial charge in [-0.15, -0.1) is 0 Å². The molecule has 1 atom stereocenters. The second-order valence-corrected chi connectivity index (χ2v) is 4.63. The first-order valence-corrected chi connectivity index (χ1v) is 5.81. The van der Waals surface area contributed by atoms with Gasteiger partial charge in [-0.05, 0) is 24.1 Å². The number of likely N-dealkylation sites (tertiary alicyclic amines) is 1. The summed E-state index contributed by atoms with van der Waals surface area (Å²) < 4.78 is 0. The molecule has 2 rings (SSSR count). The van der Waals surface area contributed by atoms with Crippen molar-refractivity contribution in [2.75, 3.05) is 6.54 Å². The lowest BCUT2D eigenvalue weighted by molar-refractivity contribution is -0.134. The van der Waals surface area contributed by atoms with Gasteiger partial charge in [0.1, 0.15) is 0 Å². The molecule has 1 aliphatic heterocycles. The summed E-state index contributed by atoms with van der Waals surface area (Å²) in [5.74, 6) is 0.138. The Balaban J connectivity index is 2.02. The third-order valence-electron chi connectivity index (χ3n) is 2.82. The van der Waals surface area contributed by atoms with E-state index in [0.717, 1.165) is 18.5 Å². The van der Waals surface area contributed by atoms with Gasteiger partial charge in [0.2, 0.25) is 5.91 Å². The van der Waals surface area contributed by atoms with Crippen LogP contribution in [0.3, 0.4) is 0 Å². The topological polar surface area (TPSA) is 46.3 Å². The maximum atomic E-state index is 11.7. The average Bonchev–Trinajstić information content (AvgIpc) is 2.22. The molecule has 0 bridgehead atoms. The molecule has 1 amide bonds. The van der Waals surface area contributed by atoms with Crippen molar-refractivity contribution in [1.29, 1.82) is 0 Å². The smallest absolute Gasteiger partial charge is 0.224 e. The lowest BCUT2D eigenvalue weighted by Gasteiger charge is -2.30. The van der Waals surface area contributed by atoms with Gasteiger partial charge in [0, 0.05) is 30.6 Å². The van der Waals surface area contributed by atoms with E-state index >= 15 is 0 Å². The Bertz CT molecular complexity index is 394. The van der Waals surface area contributed by atoms with Gasteiger partial charge in [0.25, 0.3) is 0 Å². The molecule has 16 heavy (non-hydrogen) atoms. The Morgan fingerprint density at radius 3 is 3.00 bits per heavy atom. The van der Waals surface area contributed by atoms with Crippen LogP contribution in [-0.4, -0.2) is 23.4 Å². The van der Waals surface area contributed by atoms with Crippen LogP contribution in [0.2, 0.25) is 5.02 Å². The lowest BCUT2D eigenvalue weighted by atomic mass is 10.0. The molecule has 0 aromatic heterocycles. The number of carbonyl (C=O) groups excluding carboxylic acids is 1. The third kappa shape index (κ3) is 2.74. The van der Waals surface area contributed by atoms with E-state index in [2.05, 4.69) is 0 Å². The van der Waals surface area contributed by atoms with E-state index < -0.39 is 0 Å². The second-order valence-electron chi connectivity index (χ2n) is 4.20. The van der Waals surface area contributed by atoms with Crippen molar-refractivity contribution in [3.63, 3.8) is 0 Å². The minimum atomic E-state index is 0.0307. The molecule has 4 heteroatoms. The number of halogens is 1. The van der Waals surface area contributed by atoms with Gasteiger partial charge >= 0.3 is 0 Å². The Morgan fingerprint density at radius 1 is 1.50 bits per heavy atom. The molecule has 2 N–H and O–H groups in total. The summed E-state index contributed by atoms with van der Waals surface area (Å²) in [7, 11) is 0. The van der Waals surface area contributed by atoms with Crippen molar-refractivity contribution >= 4 is 17.5 Å². The molecule has 1 saturated heterocycles. The maximum absolute atomic E-state index is 11.7. The van der Waals surface area contributed by atoms with Crippen LogP contribution in [0.1, 0.15) is 18.4 Å². The van der Waals surface area contributed by atoms with Gasteiger partial charge < -0.3 is 10.6 Å². The zero-order valence-electron chi connectivity index (χ0n) is 9.03. The highest BCUT2D eigenvalue weighted by Gasteiger charge is 2.23. The van der Waals surface area contributed by atoms with E-state index in [-0.39, 0.29) is 11.9 Å². The van der Waals surface area contributed by atoms with Crippen LogP contribution in [0.25, 0.3) is 0 Å². The Morgan fingerprint density at radius 2 is 2.31 bits per heavy atom. The monoisotopic (exact) mass is 238 g/mol. The summed E-state index contributed by atoms with van der Waals surface area (Å²) in [6.07, 6.45) is 1.34. The Labute approximate surface area is 100 Å². The van der Waals surface area contributed by atoms with Crippen molar-refractivity contribution in [3.05, 3.63) is 34.9 Å². The molecule has 0 spiro atoms. The maximum Gasteiger partial charge on any atom is 0.224 e. The minimum Gasteiger partial charge on any atom is -0.338 e. The number of piperidine rings is 1. The summed E-state index contributed by atoms with van der Waals surface area (Å²) in [5, 5.41) is 0.707. The summed E-state index contributed by atoms with van der Waals surface area (Å²) in [5.41, 5.74) is 6.80. The number of nitrogens with zero attached hydrogens (tertiary/aromatic N) is 1. The summed E-state index contributed by atoms with van der Waals surface area (Å²) in [6.45, 7) is 1.37. The molecular formula is C12H15ClN2O. The average molecular weight is 239 g/mol. The van der Waals surface area contributed by atoms with E-state index in [4.69, 9.17) is 17.3 Å². The molecule has 0 radical (unpaired) electrons. The fourth-order valence-electron chi connectivity index (χ4n) is 1.92. The number of hydrogen-bond acceptors (Lipinski definition) is 2. The molecular weight excluding hydrogens is 224 g/mol. The van der Waals surface area contributed by atoms with E-state index in [9.17, 15) is 4.79 Å². The normalized spacial score (nSPS) is 21.2. The Kier molecular flexibility index (Phi) is 3.46. The summed E-state index contributed by atoms with van der Waals surface area (Å²) in [6, 6.07) is 7.64. The summed E-state index contributed by atoms with van der Waals surface area (Å²) >= 11 is 5.90. The zero-order valence-corrected chi connectivity index (χ0v) is 9.78. The number of hydrogen-bond donors (Lipinski definition) is 1. The molecule has 0 saturated carbocycles. The first-order valence-electron chi connectivity index (χ1n) is 5.43. The third-order valence-corrected chi connectivity index (χ3v) is 3.06. The van der Waals surface area contributed by atoms with Gasteiger partial charge in [-0.25, -0.2) is 0 Å². The van der Waals surface area contributed by atoms with Crippen molar-refractivity contribution in [3.8, 4) is 0 Å². The predicted molar refractivity (Wildman–Crippen MR) is 64.1 cm³/mol. The molecule has 0 aliphatic carbocycles. The number of benzene rings is 1. The van der Waals surface area contributed by atoms with Gasteiger partial charge in [0.15, 0.2) is 0 Å². The number of rotatable bonds is 2. The standard InChI is InChI=1S/C12H15ClN2O/c13-10-3-1-2-9(6-10)8-15-5-4-11(14)7-12(15)16/h1-3,6,11H,4-5,7-8,14H2. The molecule has 1 unspecified atom stereocenters. The highest BCUT2D eigenvalue weighted by molar-refractivity contribution is 6.30. The van der Waals surface area contributed by atoms with Gasteiger partial charge in [-0.2, -0.15) is 0 Å². The van der Waals surface area contributed by atoms with Crippen LogP contribution >= 0.6 is 11.6 Å². The lowest BCUT2D eigenvalue weighted by Crippen LogP contribution is -2.43. The van der Waals surface area contributed by atoms with Crippen molar-refractivity contribution in [1.82, 2.24) is 4.90 Å². The van der Waals surface area contributed by atoms with E-state index in [1.807, 2.05) is 29.2 Å². The highest BCUT2D eigenvalue weighted by Crippen LogP contribution is 2.16. The van der Waals surface area contributed by atoms with Crippen LogP contribution in [0.15, 0.2) is 24.3 Å². The quantitative estimate of drug-likeness (QED) is 0.854. The molecule has 1 aromatic carbocycles. The highest BCUT2D eigenvalue weighted by atomic mass is 35.5. The van der Waals surface area contributed by atoms with E-state index in [1.54, 1.807) is 0 Å². The largest absolute Gasteiger partial charge is 0.338 e. The molecule has 1 heterocycles. The first-order chi connectivity index (χ1) is 7.65.